The normalized spacial score (nSPS) is 11.8. The van der Waals surface area contributed by atoms with E-state index in [4.69, 9.17) is 39.9 Å². The number of benzene rings is 6. The van der Waals surface area contributed by atoms with E-state index in [1.165, 1.54) is 97.1 Å². The summed E-state index contributed by atoms with van der Waals surface area (Å²) in [6, 6.07) is 38.4. The molecule has 0 saturated heterocycles. The Balaban J connectivity index is 1.06. The first-order valence-corrected chi connectivity index (χ1v) is 23.4. The summed E-state index contributed by atoms with van der Waals surface area (Å²) >= 11 is 0. The van der Waals surface area contributed by atoms with Crippen LogP contribution in [0.15, 0.2) is 158 Å². The molecule has 6 aromatic carbocycles. The fraction of sp³-hybridized carbons (Fsp3) is 0.228. The van der Waals surface area contributed by atoms with Crippen LogP contribution < -0.4 is 30.4 Å². The fourth-order valence-corrected chi connectivity index (χ4v) is 7.24. The predicted octanol–water partition coefficient (Wildman–Crippen LogP) is 12.0. The molecule has 0 heterocycles. The van der Waals surface area contributed by atoms with Crippen LogP contribution in [0.5, 0.6) is 23.0 Å². The van der Waals surface area contributed by atoms with Gasteiger partial charge in [0.15, 0.2) is 0 Å². The average molecular weight is 1040 g/mol. The van der Waals surface area contributed by atoms with Crippen molar-refractivity contribution in [3.63, 3.8) is 0 Å². The van der Waals surface area contributed by atoms with Crippen LogP contribution >= 0.6 is 0 Å². The summed E-state index contributed by atoms with van der Waals surface area (Å²) in [6.07, 6.45) is -4.80. The second kappa shape index (κ2) is 26.4. The van der Waals surface area contributed by atoms with Gasteiger partial charge >= 0.3 is 36.2 Å². The summed E-state index contributed by atoms with van der Waals surface area (Å²) in [4.78, 5) is 52.2. The number of carbonyl (C=O) groups excluding carboxylic acids is 4. The number of anilines is 2. The number of rotatable bonds is 24. The molecule has 0 aromatic heterocycles. The minimum atomic E-state index is -4.27. The zero-order chi connectivity index (χ0) is 53.9. The Hall–Kier alpha value is -8.54. The lowest BCUT2D eigenvalue weighted by atomic mass is 9.77. The Morgan fingerprint density at radius 3 is 1.11 bits per heavy atom. The molecule has 6 aromatic rings. The van der Waals surface area contributed by atoms with E-state index in [0.717, 1.165) is 11.1 Å². The fourth-order valence-electron chi connectivity index (χ4n) is 7.24. The molecule has 12 nitrogen and oxygen atoms in total. The van der Waals surface area contributed by atoms with Gasteiger partial charge in [-0.3, -0.25) is 0 Å². The van der Waals surface area contributed by atoms with Crippen molar-refractivity contribution in [3.8, 4) is 23.0 Å². The molecule has 6 rings (SSSR count). The lowest BCUT2D eigenvalue weighted by Crippen LogP contribution is -2.38. The third kappa shape index (κ3) is 19.8. The van der Waals surface area contributed by atoms with Crippen LogP contribution in [-0.2, 0) is 31.9 Å². The molecule has 0 fully saturated rings. The van der Waals surface area contributed by atoms with Crippen LogP contribution in [0.25, 0.3) is 12.2 Å². The van der Waals surface area contributed by atoms with Gasteiger partial charge in [-0.05, 0) is 157 Å². The van der Waals surface area contributed by atoms with Crippen molar-refractivity contribution in [1.82, 2.24) is 0 Å². The number of nitrogens with two attached hydrogens (primary N) is 2. The number of nitrogen functional groups attached to an aromatic ring is 2. The summed E-state index contributed by atoms with van der Waals surface area (Å²) in [5.41, 5.74) is 15.2. The van der Waals surface area contributed by atoms with Crippen LogP contribution in [0, 0.1) is 5.41 Å². The number of hydrogen-bond acceptors (Lipinski definition) is 12. The first-order chi connectivity index (χ1) is 35.8. The monoisotopic (exact) mass is 1040 g/mol. The minimum Gasteiger partial charge on any atom is -0.494 e. The third-order valence-electron chi connectivity index (χ3n) is 11.1. The molecule has 0 unspecified atom stereocenters. The summed E-state index contributed by atoms with van der Waals surface area (Å²) in [6.45, 7) is -0.645. The maximum Gasteiger partial charge on any atom is 0.389 e. The average Bonchev–Trinajstić information content (AvgIpc) is 3.38. The van der Waals surface area contributed by atoms with E-state index < -0.39 is 54.5 Å². The Kier molecular flexibility index (Phi) is 19.6. The van der Waals surface area contributed by atoms with E-state index in [1.54, 1.807) is 48.5 Å². The van der Waals surface area contributed by atoms with E-state index in [1.807, 2.05) is 24.3 Å². The van der Waals surface area contributed by atoms with Gasteiger partial charge in [0, 0.05) is 41.8 Å². The van der Waals surface area contributed by atoms with Crippen LogP contribution in [0.3, 0.4) is 0 Å². The molecule has 0 aliphatic rings. The van der Waals surface area contributed by atoms with Gasteiger partial charge in [-0.1, -0.05) is 48.5 Å². The Bertz CT molecular complexity index is 2670. The second-order valence-corrected chi connectivity index (χ2v) is 17.3. The first-order valence-electron chi connectivity index (χ1n) is 23.4. The van der Waals surface area contributed by atoms with Gasteiger partial charge < -0.3 is 39.9 Å². The molecule has 392 valence electrons. The van der Waals surface area contributed by atoms with Crippen molar-refractivity contribution in [2.45, 2.75) is 50.9 Å². The van der Waals surface area contributed by atoms with Crippen molar-refractivity contribution in [2.24, 2.45) is 5.41 Å². The van der Waals surface area contributed by atoms with E-state index >= 15 is 0 Å². The van der Waals surface area contributed by atoms with Gasteiger partial charge in [-0.25, -0.2) is 19.2 Å². The van der Waals surface area contributed by atoms with Crippen molar-refractivity contribution in [3.05, 3.63) is 191 Å². The lowest BCUT2D eigenvalue weighted by molar-refractivity contribution is -0.148. The molecule has 0 radical (unpaired) electrons. The molecule has 0 spiro atoms. The highest BCUT2D eigenvalue weighted by Crippen LogP contribution is 2.32. The van der Waals surface area contributed by atoms with Crippen molar-refractivity contribution in [1.29, 1.82) is 0 Å². The van der Waals surface area contributed by atoms with E-state index in [2.05, 4.69) is 0 Å². The van der Waals surface area contributed by atoms with E-state index in [0.29, 0.717) is 46.8 Å². The summed E-state index contributed by atoms with van der Waals surface area (Å²) in [7, 11) is 0. The quantitative estimate of drug-likeness (QED) is 0.0147. The maximum atomic E-state index is 13.3. The van der Waals surface area contributed by atoms with Crippen LogP contribution in [0.1, 0.15) is 68.7 Å². The molecular weight excluding hydrogens is 987 g/mol. The third-order valence-corrected chi connectivity index (χ3v) is 11.1. The highest BCUT2D eigenvalue weighted by atomic mass is 19.4. The summed E-state index contributed by atoms with van der Waals surface area (Å²) in [5.74, 6) is -1.70. The van der Waals surface area contributed by atoms with Crippen molar-refractivity contribution in [2.75, 3.05) is 37.9 Å². The number of esters is 4. The summed E-state index contributed by atoms with van der Waals surface area (Å²) in [5, 5.41) is 0. The molecule has 75 heavy (non-hydrogen) atoms. The summed E-state index contributed by atoms with van der Waals surface area (Å²) < 4.78 is 108. The van der Waals surface area contributed by atoms with Crippen LogP contribution in [-0.4, -0.2) is 62.7 Å². The number of carbonyl (C=O) groups is 4. The van der Waals surface area contributed by atoms with Gasteiger partial charge in [0.05, 0.1) is 24.3 Å². The zero-order valence-corrected chi connectivity index (χ0v) is 40.2. The molecule has 0 amide bonds. The number of hydrogen-bond donors (Lipinski definition) is 2. The molecule has 0 saturated carbocycles. The van der Waals surface area contributed by atoms with Crippen molar-refractivity contribution < 1.29 is 73.9 Å². The van der Waals surface area contributed by atoms with Crippen molar-refractivity contribution >= 4 is 47.4 Å². The molecule has 0 bridgehead atoms. The first kappa shape index (κ1) is 55.8. The van der Waals surface area contributed by atoms with Gasteiger partial charge in [-0.2, -0.15) is 26.3 Å². The SMILES string of the molecule is Nc1ccc(CC(COC(=O)C=Cc2ccc(OC(=O)c3ccc(OCCCC(F)(F)F)cc3)cc2)(COC(=O)C=Cc2ccc(OC(=O)c3ccc(OCCCC(F)(F)F)cc3)cc2)Cc2ccc(N)cc2)cc1. The highest BCUT2D eigenvalue weighted by Gasteiger charge is 2.35. The van der Waals surface area contributed by atoms with E-state index in [-0.39, 0.29) is 61.9 Å². The largest absolute Gasteiger partial charge is 0.494 e. The van der Waals surface area contributed by atoms with Gasteiger partial charge in [-0.15, -0.1) is 0 Å². The van der Waals surface area contributed by atoms with Crippen LogP contribution in [0.2, 0.25) is 0 Å². The standard InChI is InChI=1S/C57H52F6N2O10/c58-56(59,60)31-1-33-70-47-25-13-43(14-26-47)53(68)74-49-21-7-39(8-22-49)11-29-51(66)72-37-55(35-41-3-17-45(64)18-4-41,36-42-5-19-46(65)20-6-42)38-73-52(67)30-12-40-9-23-50(24-10-40)75-54(69)44-15-27-48(28-16-44)71-34-2-32-57(61,62)63/h3-30H,1-2,31-38,64-65H2. The number of alkyl halides is 6. The molecular formula is C57H52F6N2O10. The maximum absolute atomic E-state index is 13.3. The second-order valence-electron chi connectivity index (χ2n) is 17.3. The Labute approximate surface area is 428 Å². The number of ether oxygens (including phenoxy) is 6. The lowest BCUT2D eigenvalue weighted by Gasteiger charge is -2.33. The number of halogens is 6. The molecule has 4 N–H and O–H groups in total. The Morgan fingerprint density at radius 1 is 0.440 bits per heavy atom. The van der Waals surface area contributed by atoms with E-state index in [9.17, 15) is 45.5 Å². The smallest absolute Gasteiger partial charge is 0.389 e. The topological polar surface area (TPSA) is 176 Å². The highest BCUT2D eigenvalue weighted by molar-refractivity contribution is 5.92. The minimum absolute atomic E-state index is 0.134. The molecule has 0 atom stereocenters. The molecule has 0 aliphatic carbocycles. The van der Waals surface area contributed by atoms with Crippen LogP contribution in [0.4, 0.5) is 37.7 Å². The van der Waals surface area contributed by atoms with Gasteiger partial charge in [0.2, 0.25) is 0 Å². The zero-order valence-electron chi connectivity index (χ0n) is 40.2. The van der Waals surface area contributed by atoms with Gasteiger partial charge in [0.25, 0.3) is 0 Å². The molecule has 0 aliphatic heterocycles. The molecule has 18 heteroatoms. The predicted molar refractivity (Wildman–Crippen MR) is 269 cm³/mol. The van der Waals surface area contributed by atoms with Gasteiger partial charge in [0.1, 0.15) is 36.2 Å². The Morgan fingerprint density at radius 2 is 0.773 bits per heavy atom.